The number of hydrogen-bond acceptors (Lipinski definition) is 5. The van der Waals surface area contributed by atoms with Gasteiger partial charge in [0.05, 0.1) is 12.2 Å². The first-order chi connectivity index (χ1) is 14.4. The Hall–Kier alpha value is -2.45. The normalized spacial score (nSPS) is 13.0. The van der Waals surface area contributed by atoms with E-state index in [0.717, 1.165) is 47.6 Å². The summed E-state index contributed by atoms with van der Waals surface area (Å²) in [5.41, 5.74) is 3.33. The number of thiophene rings is 1. The lowest BCUT2D eigenvalue weighted by molar-refractivity contribution is -0.116. The van der Waals surface area contributed by atoms with E-state index in [4.69, 9.17) is 17.0 Å². The van der Waals surface area contributed by atoms with Gasteiger partial charge in [0.15, 0.2) is 5.11 Å². The van der Waals surface area contributed by atoms with Crippen molar-refractivity contribution in [1.82, 2.24) is 0 Å². The smallest absolute Gasteiger partial charge is 0.341 e. The van der Waals surface area contributed by atoms with E-state index in [0.29, 0.717) is 17.3 Å². The van der Waals surface area contributed by atoms with Gasteiger partial charge in [0.25, 0.3) is 0 Å². The molecule has 0 bridgehead atoms. The summed E-state index contributed by atoms with van der Waals surface area (Å²) >= 11 is 7.08. The van der Waals surface area contributed by atoms with Crippen LogP contribution < -0.4 is 15.5 Å². The van der Waals surface area contributed by atoms with Crippen LogP contribution in [-0.2, 0) is 22.4 Å². The molecule has 160 valence electrons. The van der Waals surface area contributed by atoms with E-state index in [1.807, 2.05) is 31.2 Å². The second-order valence-corrected chi connectivity index (χ2v) is 8.71. The first kappa shape index (κ1) is 22.2. The molecule has 2 aromatic rings. The SMILES string of the molecule is CCOC(=O)c1c(NC(=S)Nc2ccc(N(C)C(C)=O)cc2)sc2c1CCCCC2. The topological polar surface area (TPSA) is 70.7 Å². The molecular weight excluding hydrogens is 418 g/mol. The number of thiocarbonyl (C=S) groups is 1. The summed E-state index contributed by atoms with van der Waals surface area (Å²) in [5, 5.41) is 7.50. The van der Waals surface area contributed by atoms with Gasteiger partial charge in [-0.05, 0) is 74.7 Å². The van der Waals surface area contributed by atoms with E-state index in [1.54, 1.807) is 23.3 Å². The molecule has 0 saturated carbocycles. The van der Waals surface area contributed by atoms with Crippen molar-refractivity contribution in [3.63, 3.8) is 0 Å². The average Bonchev–Trinajstić information content (AvgIpc) is 2.88. The summed E-state index contributed by atoms with van der Waals surface area (Å²) in [4.78, 5) is 27.0. The molecule has 0 radical (unpaired) electrons. The number of nitrogens with zero attached hydrogens (tertiary/aromatic N) is 1. The quantitative estimate of drug-likeness (QED) is 0.384. The van der Waals surface area contributed by atoms with Crippen LogP contribution in [-0.4, -0.2) is 30.6 Å². The Morgan fingerprint density at radius 1 is 1.13 bits per heavy atom. The predicted molar refractivity (Wildman–Crippen MR) is 127 cm³/mol. The van der Waals surface area contributed by atoms with Crippen LogP contribution in [0, 0.1) is 0 Å². The fourth-order valence-corrected chi connectivity index (χ4v) is 5.03. The highest BCUT2D eigenvalue weighted by Crippen LogP contribution is 2.38. The molecule has 0 aliphatic heterocycles. The molecular formula is C22H27N3O3S2. The largest absolute Gasteiger partial charge is 0.462 e. The van der Waals surface area contributed by atoms with Crippen molar-refractivity contribution >= 4 is 56.9 Å². The Labute approximate surface area is 186 Å². The fourth-order valence-electron chi connectivity index (χ4n) is 3.47. The third kappa shape index (κ3) is 5.17. The minimum Gasteiger partial charge on any atom is -0.462 e. The van der Waals surface area contributed by atoms with Gasteiger partial charge in [-0.2, -0.15) is 0 Å². The van der Waals surface area contributed by atoms with Crippen LogP contribution in [0.5, 0.6) is 0 Å². The van der Waals surface area contributed by atoms with Gasteiger partial charge in [0, 0.05) is 30.2 Å². The van der Waals surface area contributed by atoms with E-state index in [2.05, 4.69) is 10.6 Å². The van der Waals surface area contributed by atoms with Crippen molar-refractivity contribution in [2.45, 2.75) is 46.0 Å². The zero-order chi connectivity index (χ0) is 21.7. The molecule has 0 saturated heterocycles. The summed E-state index contributed by atoms with van der Waals surface area (Å²) in [5.74, 6) is -0.323. The van der Waals surface area contributed by atoms with Crippen LogP contribution in [0.2, 0.25) is 0 Å². The summed E-state index contributed by atoms with van der Waals surface area (Å²) in [6.45, 7) is 3.68. The molecule has 1 aliphatic carbocycles. The zero-order valence-electron chi connectivity index (χ0n) is 17.5. The van der Waals surface area contributed by atoms with E-state index in [9.17, 15) is 9.59 Å². The number of aryl methyl sites for hydroxylation is 1. The Morgan fingerprint density at radius 2 is 1.83 bits per heavy atom. The highest BCUT2D eigenvalue weighted by molar-refractivity contribution is 7.80. The van der Waals surface area contributed by atoms with Crippen LogP contribution in [0.1, 0.15) is 53.9 Å². The van der Waals surface area contributed by atoms with E-state index in [-0.39, 0.29) is 11.9 Å². The molecule has 30 heavy (non-hydrogen) atoms. The van der Waals surface area contributed by atoms with Crippen LogP contribution in [0.3, 0.4) is 0 Å². The number of fused-ring (bicyclic) bond motifs is 1. The lowest BCUT2D eigenvalue weighted by Gasteiger charge is -2.16. The molecule has 0 unspecified atom stereocenters. The van der Waals surface area contributed by atoms with Crippen molar-refractivity contribution in [2.24, 2.45) is 0 Å². The van der Waals surface area contributed by atoms with Gasteiger partial charge in [-0.1, -0.05) is 6.42 Å². The Morgan fingerprint density at radius 3 is 2.50 bits per heavy atom. The molecule has 1 heterocycles. The summed E-state index contributed by atoms with van der Waals surface area (Å²) in [6, 6.07) is 7.42. The molecule has 1 amide bonds. The zero-order valence-corrected chi connectivity index (χ0v) is 19.2. The molecule has 0 spiro atoms. The maximum absolute atomic E-state index is 12.7. The Bertz CT molecular complexity index is 938. The summed E-state index contributed by atoms with van der Waals surface area (Å²) in [7, 11) is 1.73. The monoisotopic (exact) mass is 445 g/mol. The number of carbonyl (C=O) groups excluding carboxylic acids is 2. The van der Waals surface area contributed by atoms with Crippen LogP contribution in [0.4, 0.5) is 16.4 Å². The first-order valence-electron chi connectivity index (χ1n) is 10.1. The van der Waals surface area contributed by atoms with Crippen LogP contribution in [0.15, 0.2) is 24.3 Å². The molecule has 3 rings (SSSR count). The fraction of sp³-hybridized carbons (Fsp3) is 0.409. The minimum atomic E-state index is -0.293. The van der Waals surface area contributed by atoms with Gasteiger partial charge in [0.1, 0.15) is 5.00 Å². The molecule has 2 N–H and O–H groups in total. The van der Waals surface area contributed by atoms with Crippen LogP contribution in [0.25, 0.3) is 0 Å². The van der Waals surface area contributed by atoms with Gasteiger partial charge >= 0.3 is 5.97 Å². The summed E-state index contributed by atoms with van der Waals surface area (Å²) in [6.07, 6.45) is 5.28. The number of benzene rings is 1. The van der Waals surface area contributed by atoms with Crippen molar-refractivity contribution < 1.29 is 14.3 Å². The summed E-state index contributed by atoms with van der Waals surface area (Å²) < 4.78 is 5.32. The van der Waals surface area contributed by atoms with E-state index in [1.165, 1.54) is 18.2 Å². The van der Waals surface area contributed by atoms with Gasteiger partial charge in [-0.25, -0.2) is 4.79 Å². The highest BCUT2D eigenvalue weighted by atomic mass is 32.1. The third-order valence-corrected chi connectivity index (χ3v) is 6.52. The number of hydrogen-bond donors (Lipinski definition) is 2. The molecule has 1 aromatic carbocycles. The Kier molecular flexibility index (Phi) is 7.44. The predicted octanol–water partition coefficient (Wildman–Crippen LogP) is 4.99. The maximum Gasteiger partial charge on any atom is 0.341 e. The lowest BCUT2D eigenvalue weighted by atomic mass is 10.1. The molecule has 0 atom stereocenters. The highest BCUT2D eigenvalue weighted by Gasteiger charge is 2.26. The lowest BCUT2D eigenvalue weighted by Crippen LogP contribution is -2.23. The van der Waals surface area contributed by atoms with E-state index < -0.39 is 0 Å². The second-order valence-electron chi connectivity index (χ2n) is 7.19. The van der Waals surface area contributed by atoms with Gasteiger partial charge < -0.3 is 20.3 Å². The van der Waals surface area contributed by atoms with Crippen molar-refractivity contribution in [2.75, 3.05) is 29.2 Å². The third-order valence-electron chi connectivity index (χ3n) is 5.11. The number of nitrogens with one attached hydrogen (secondary N) is 2. The molecule has 1 aliphatic rings. The number of carbonyl (C=O) groups is 2. The number of rotatable bonds is 5. The van der Waals surface area contributed by atoms with E-state index >= 15 is 0 Å². The average molecular weight is 446 g/mol. The first-order valence-corrected chi connectivity index (χ1v) is 11.4. The van der Waals surface area contributed by atoms with Crippen molar-refractivity contribution in [3.8, 4) is 0 Å². The second kappa shape index (κ2) is 10.0. The van der Waals surface area contributed by atoms with Crippen LogP contribution >= 0.6 is 23.6 Å². The van der Waals surface area contributed by atoms with Gasteiger partial charge in [-0.15, -0.1) is 11.3 Å². The van der Waals surface area contributed by atoms with Gasteiger partial charge in [0.2, 0.25) is 5.91 Å². The van der Waals surface area contributed by atoms with Crippen molar-refractivity contribution in [1.29, 1.82) is 0 Å². The number of amides is 1. The number of ether oxygens (including phenoxy) is 1. The number of anilines is 3. The van der Waals surface area contributed by atoms with Crippen molar-refractivity contribution in [3.05, 3.63) is 40.3 Å². The molecule has 0 fully saturated rings. The molecule has 6 nitrogen and oxygen atoms in total. The number of esters is 1. The maximum atomic E-state index is 12.7. The Balaban J connectivity index is 1.76. The minimum absolute atomic E-state index is 0.0307. The molecule has 8 heteroatoms. The van der Waals surface area contributed by atoms with Gasteiger partial charge in [-0.3, -0.25) is 4.79 Å². The molecule has 1 aromatic heterocycles. The standard InChI is InChI=1S/C22H27N3O3S2/c1-4-28-21(27)19-17-8-6-5-7-9-18(17)30-20(19)24-22(29)23-15-10-12-16(13-11-15)25(3)14(2)26/h10-13H,4-9H2,1-3H3,(H2,23,24,29).